The first-order valence-corrected chi connectivity index (χ1v) is 12.2. The molecule has 1 saturated heterocycles. The number of hydrogen-bond donors (Lipinski definition) is 3. The number of fused-ring (bicyclic) bond motifs is 1. The first kappa shape index (κ1) is 23.0. The fourth-order valence-corrected chi connectivity index (χ4v) is 4.95. The number of hydrogen-bond acceptors (Lipinski definition) is 5. The number of aromatic nitrogens is 2. The number of amides is 1. The minimum atomic E-state index is -0.131. The molecule has 1 aromatic carbocycles. The van der Waals surface area contributed by atoms with Crippen LogP contribution in [0.2, 0.25) is 0 Å². The average Bonchev–Trinajstić information content (AvgIpc) is 3.52. The van der Waals surface area contributed by atoms with Crippen LogP contribution in [0.15, 0.2) is 36.7 Å². The highest BCUT2D eigenvalue weighted by atomic mass is 16.5. The number of carbonyl (C=O) groups is 1. The Balaban J connectivity index is 1.44. The molecule has 2 aliphatic rings. The number of ether oxygens (including phenoxy) is 1. The molecular weight excluding hydrogens is 428 g/mol. The van der Waals surface area contributed by atoms with Crippen molar-refractivity contribution >= 4 is 16.9 Å². The van der Waals surface area contributed by atoms with E-state index in [1.165, 1.54) is 11.1 Å². The summed E-state index contributed by atoms with van der Waals surface area (Å²) >= 11 is 0. The third-order valence-electron chi connectivity index (χ3n) is 7.32. The van der Waals surface area contributed by atoms with Crippen LogP contribution in [0.5, 0.6) is 0 Å². The zero-order chi connectivity index (χ0) is 23.7. The maximum absolute atomic E-state index is 12.9. The van der Waals surface area contributed by atoms with Gasteiger partial charge in [0.15, 0.2) is 0 Å². The molecule has 0 bridgehead atoms. The molecule has 2 fully saturated rings. The molecular formula is C27H34N4O3. The summed E-state index contributed by atoms with van der Waals surface area (Å²) in [6.07, 6.45) is 7.64. The summed E-state index contributed by atoms with van der Waals surface area (Å²) in [5.74, 6) is 0.403. The minimum absolute atomic E-state index is 0.117. The SMILES string of the molecule is CN(C)Cc1cc(-c2cnc3[nH]cc(C(=O)NCC4(CO)CC4)c3c2)ccc1C1CCOCC1. The van der Waals surface area contributed by atoms with Gasteiger partial charge in [-0.05, 0) is 74.5 Å². The van der Waals surface area contributed by atoms with Crippen LogP contribution in [-0.4, -0.2) is 66.3 Å². The van der Waals surface area contributed by atoms with Crippen LogP contribution < -0.4 is 5.32 Å². The Kier molecular flexibility index (Phi) is 6.42. The number of benzene rings is 1. The maximum atomic E-state index is 12.9. The van der Waals surface area contributed by atoms with Crippen molar-refractivity contribution in [3.05, 3.63) is 53.3 Å². The lowest BCUT2D eigenvalue weighted by Gasteiger charge is -2.26. The third-order valence-corrected chi connectivity index (χ3v) is 7.32. The zero-order valence-corrected chi connectivity index (χ0v) is 20.1. The molecule has 1 amide bonds. The van der Waals surface area contributed by atoms with Crippen molar-refractivity contribution in [1.82, 2.24) is 20.2 Å². The average molecular weight is 463 g/mol. The van der Waals surface area contributed by atoms with E-state index in [4.69, 9.17) is 4.74 Å². The van der Waals surface area contributed by atoms with Crippen LogP contribution in [0.4, 0.5) is 0 Å². The van der Waals surface area contributed by atoms with Crippen LogP contribution in [0.1, 0.15) is 53.1 Å². The van der Waals surface area contributed by atoms with Gasteiger partial charge in [-0.3, -0.25) is 4.79 Å². The van der Waals surface area contributed by atoms with E-state index in [1.807, 2.05) is 6.20 Å². The lowest BCUT2D eigenvalue weighted by Crippen LogP contribution is -2.31. The van der Waals surface area contributed by atoms with Gasteiger partial charge in [0.2, 0.25) is 0 Å². The highest BCUT2D eigenvalue weighted by Gasteiger charge is 2.42. The predicted molar refractivity (Wildman–Crippen MR) is 133 cm³/mol. The van der Waals surface area contributed by atoms with E-state index in [9.17, 15) is 9.90 Å². The standard InChI is InChI=1S/C27H34N4O3/c1-31(2)15-21-11-19(3-4-22(21)18-5-9-34-10-6-18)20-12-23-24(14-29-25(23)28-13-20)26(33)30-16-27(17-32)7-8-27/h3-4,11-14,18,32H,5-10,15-17H2,1-2H3,(H,28,29)(H,30,33). The van der Waals surface area contributed by atoms with Crippen LogP contribution in [0.3, 0.4) is 0 Å². The summed E-state index contributed by atoms with van der Waals surface area (Å²) < 4.78 is 5.58. The lowest BCUT2D eigenvalue weighted by atomic mass is 9.86. The largest absolute Gasteiger partial charge is 0.396 e. The van der Waals surface area contributed by atoms with Gasteiger partial charge in [-0.2, -0.15) is 0 Å². The predicted octanol–water partition coefficient (Wildman–Crippen LogP) is 3.69. The van der Waals surface area contributed by atoms with E-state index in [1.54, 1.807) is 6.20 Å². The van der Waals surface area contributed by atoms with Crippen molar-refractivity contribution in [2.24, 2.45) is 5.41 Å². The molecule has 7 nitrogen and oxygen atoms in total. The third kappa shape index (κ3) is 4.73. The molecule has 0 atom stereocenters. The molecule has 1 aliphatic carbocycles. The van der Waals surface area contributed by atoms with Gasteiger partial charge >= 0.3 is 0 Å². The maximum Gasteiger partial charge on any atom is 0.253 e. The molecule has 1 saturated carbocycles. The Morgan fingerprint density at radius 1 is 1.24 bits per heavy atom. The zero-order valence-electron chi connectivity index (χ0n) is 20.1. The molecule has 3 heterocycles. The molecule has 5 rings (SSSR count). The molecule has 7 heteroatoms. The Hall–Kier alpha value is -2.74. The van der Waals surface area contributed by atoms with Gasteiger partial charge in [-0.15, -0.1) is 0 Å². The van der Waals surface area contributed by atoms with Gasteiger partial charge in [0.25, 0.3) is 5.91 Å². The van der Waals surface area contributed by atoms with Crippen molar-refractivity contribution in [1.29, 1.82) is 0 Å². The second kappa shape index (κ2) is 9.49. The smallest absolute Gasteiger partial charge is 0.253 e. The van der Waals surface area contributed by atoms with Crippen molar-refractivity contribution in [3.63, 3.8) is 0 Å². The molecule has 0 unspecified atom stereocenters. The summed E-state index contributed by atoms with van der Waals surface area (Å²) in [7, 11) is 4.20. The molecule has 2 aromatic heterocycles. The summed E-state index contributed by atoms with van der Waals surface area (Å²) in [4.78, 5) is 22.8. The van der Waals surface area contributed by atoms with Crippen molar-refractivity contribution in [2.75, 3.05) is 40.5 Å². The number of nitrogens with zero attached hydrogens (tertiary/aromatic N) is 2. The number of H-pyrrole nitrogens is 1. The number of aromatic amines is 1. The normalized spacial score (nSPS) is 17.9. The summed E-state index contributed by atoms with van der Waals surface area (Å²) in [6, 6.07) is 8.77. The van der Waals surface area contributed by atoms with Crippen LogP contribution in [0.25, 0.3) is 22.2 Å². The van der Waals surface area contributed by atoms with Crippen molar-refractivity contribution in [2.45, 2.75) is 38.1 Å². The molecule has 0 spiro atoms. The van der Waals surface area contributed by atoms with Gasteiger partial charge in [0.05, 0.1) is 12.2 Å². The van der Waals surface area contributed by atoms with Crippen molar-refractivity contribution in [3.8, 4) is 11.1 Å². The molecule has 180 valence electrons. The van der Waals surface area contributed by atoms with Gasteiger partial charge < -0.3 is 25.0 Å². The quantitative estimate of drug-likeness (QED) is 0.475. The van der Waals surface area contributed by atoms with Crippen LogP contribution in [-0.2, 0) is 11.3 Å². The van der Waals surface area contributed by atoms with E-state index >= 15 is 0 Å². The minimum Gasteiger partial charge on any atom is -0.396 e. The van der Waals surface area contributed by atoms with Crippen LogP contribution in [0, 0.1) is 5.41 Å². The Morgan fingerprint density at radius 2 is 2.03 bits per heavy atom. The number of aliphatic hydroxyl groups excluding tert-OH is 1. The monoisotopic (exact) mass is 462 g/mol. The van der Waals surface area contributed by atoms with E-state index in [2.05, 4.69) is 58.5 Å². The molecule has 3 aromatic rings. The second-order valence-corrected chi connectivity index (χ2v) is 10.2. The summed E-state index contributed by atoms with van der Waals surface area (Å²) in [5.41, 5.74) is 6.00. The highest BCUT2D eigenvalue weighted by Crippen LogP contribution is 2.44. The molecule has 0 radical (unpaired) electrons. The van der Waals surface area contributed by atoms with E-state index in [-0.39, 0.29) is 17.9 Å². The van der Waals surface area contributed by atoms with Gasteiger partial charge in [-0.1, -0.05) is 12.1 Å². The summed E-state index contributed by atoms with van der Waals surface area (Å²) in [6.45, 7) is 3.15. The Labute approximate surface area is 200 Å². The van der Waals surface area contributed by atoms with Crippen molar-refractivity contribution < 1.29 is 14.6 Å². The van der Waals surface area contributed by atoms with E-state index < -0.39 is 0 Å². The van der Waals surface area contributed by atoms with Gasteiger partial charge in [-0.25, -0.2) is 4.98 Å². The highest BCUT2D eigenvalue weighted by molar-refractivity contribution is 6.06. The first-order valence-electron chi connectivity index (χ1n) is 12.2. The lowest BCUT2D eigenvalue weighted by molar-refractivity contribution is 0.0850. The van der Waals surface area contributed by atoms with Crippen LogP contribution >= 0.6 is 0 Å². The van der Waals surface area contributed by atoms with Gasteiger partial charge in [0, 0.05) is 55.1 Å². The number of carbonyl (C=O) groups excluding carboxylic acids is 1. The molecule has 34 heavy (non-hydrogen) atoms. The number of rotatable bonds is 8. The first-order chi connectivity index (χ1) is 16.5. The number of aliphatic hydroxyl groups is 1. The summed E-state index contributed by atoms with van der Waals surface area (Å²) in [5, 5.41) is 13.4. The fourth-order valence-electron chi connectivity index (χ4n) is 4.95. The Bertz CT molecular complexity index is 1180. The Morgan fingerprint density at radius 3 is 2.74 bits per heavy atom. The van der Waals surface area contributed by atoms with E-state index in [0.29, 0.717) is 23.7 Å². The molecule has 1 aliphatic heterocycles. The fraction of sp³-hybridized carbons (Fsp3) is 0.481. The number of pyridine rings is 1. The topological polar surface area (TPSA) is 90.5 Å². The van der Waals surface area contributed by atoms with Gasteiger partial charge in [0.1, 0.15) is 5.65 Å². The number of nitrogens with one attached hydrogen (secondary N) is 2. The van der Waals surface area contributed by atoms with E-state index in [0.717, 1.165) is 62.0 Å². The second-order valence-electron chi connectivity index (χ2n) is 10.2. The molecule has 3 N–H and O–H groups in total.